The van der Waals surface area contributed by atoms with Crippen LogP contribution in [-0.4, -0.2) is 23.8 Å². The molecule has 0 radical (unpaired) electrons. The van der Waals surface area contributed by atoms with Crippen molar-refractivity contribution in [2.45, 2.75) is 59.1 Å². The van der Waals surface area contributed by atoms with E-state index in [2.05, 4.69) is 57.3 Å². The Labute approximate surface area is 118 Å². The van der Waals surface area contributed by atoms with Gasteiger partial charge in [-0.3, -0.25) is 0 Å². The normalized spacial score (nSPS) is 16.9. The highest BCUT2D eigenvalue weighted by Crippen LogP contribution is 2.23. The maximum atomic E-state index is 9.68. The third-order valence-electron chi connectivity index (χ3n) is 3.87. The summed E-state index contributed by atoms with van der Waals surface area (Å²) in [6.45, 7) is 11.7. The third-order valence-corrected chi connectivity index (χ3v) is 3.87. The maximum absolute atomic E-state index is 9.68. The molecule has 0 aromatic heterocycles. The van der Waals surface area contributed by atoms with E-state index in [1.165, 1.54) is 5.56 Å². The van der Waals surface area contributed by atoms with E-state index < -0.39 is 0 Å². The van der Waals surface area contributed by atoms with Gasteiger partial charge in [0.2, 0.25) is 0 Å². The van der Waals surface area contributed by atoms with Crippen LogP contribution < -0.4 is 5.32 Å². The lowest BCUT2D eigenvalue weighted by Gasteiger charge is -2.30. The van der Waals surface area contributed by atoms with Crippen molar-refractivity contribution in [3.05, 3.63) is 35.9 Å². The van der Waals surface area contributed by atoms with Gasteiger partial charge in [0.05, 0.1) is 6.10 Å². The smallest absolute Gasteiger partial charge is 0.0518 e. The number of hydrogen-bond acceptors (Lipinski definition) is 2. The number of aliphatic hydroxyl groups is 1. The van der Waals surface area contributed by atoms with Gasteiger partial charge in [0.15, 0.2) is 0 Å². The lowest BCUT2D eigenvalue weighted by atomic mass is 9.87. The largest absolute Gasteiger partial charge is 0.393 e. The van der Waals surface area contributed by atoms with Crippen LogP contribution in [0.5, 0.6) is 0 Å². The summed E-state index contributed by atoms with van der Waals surface area (Å²) in [5.74, 6) is 0.367. The fourth-order valence-corrected chi connectivity index (χ4v) is 2.10. The van der Waals surface area contributed by atoms with Gasteiger partial charge in [-0.2, -0.15) is 0 Å². The fourth-order valence-electron chi connectivity index (χ4n) is 2.10. The number of nitrogens with one attached hydrogen (secondary N) is 1. The molecule has 2 heteroatoms. The summed E-state index contributed by atoms with van der Waals surface area (Å²) in [5, 5.41) is 13.3. The molecule has 0 saturated heterocycles. The Morgan fingerprint density at radius 2 is 1.68 bits per heavy atom. The summed E-state index contributed by atoms with van der Waals surface area (Å²) >= 11 is 0. The molecule has 108 valence electrons. The molecular formula is C17H29NO. The molecule has 0 amide bonds. The minimum absolute atomic E-state index is 0.256. The highest BCUT2D eigenvalue weighted by molar-refractivity contribution is 5.20. The molecule has 0 saturated carbocycles. The molecule has 1 aromatic carbocycles. The number of rotatable bonds is 6. The Kier molecular flexibility index (Phi) is 6.02. The van der Waals surface area contributed by atoms with Crippen LogP contribution >= 0.6 is 0 Å². The predicted molar refractivity (Wildman–Crippen MR) is 82.4 cm³/mol. The van der Waals surface area contributed by atoms with E-state index in [4.69, 9.17) is 0 Å². The summed E-state index contributed by atoms with van der Waals surface area (Å²) in [7, 11) is 0. The molecule has 2 nitrogen and oxygen atoms in total. The van der Waals surface area contributed by atoms with Crippen molar-refractivity contribution in [2.24, 2.45) is 5.41 Å². The Morgan fingerprint density at radius 3 is 2.16 bits per heavy atom. The topological polar surface area (TPSA) is 32.3 Å². The van der Waals surface area contributed by atoms with Crippen LogP contribution in [0.4, 0.5) is 0 Å². The molecule has 19 heavy (non-hydrogen) atoms. The van der Waals surface area contributed by atoms with Crippen LogP contribution in [0.25, 0.3) is 0 Å². The predicted octanol–water partition coefficient (Wildman–Crippen LogP) is 3.57. The quantitative estimate of drug-likeness (QED) is 0.822. The van der Waals surface area contributed by atoms with Crippen LogP contribution in [0.2, 0.25) is 0 Å². The Bertz CT molecular complexity index is 353. The first-order valence-electron chi connectivity index (χ1n) is 7.27. The van der Waals surface area contributed by atoms with Gasteiger partial charge in [-0.05, 0) is 37.2 Å². The van der Waals surface area contributed by atoms with Crippen molar-refractivity contribution < 1.29 is 5.11 Å². The lowest BCUT2D eigenvalue weighted by molar-refractivity contribution is 0.170. The number of hydrogen-bond donors (Lipinski definition) is 2. The van der Waals surface area contributed by atoms with E-state index in [0.29, 0.717) is 12.0 Å². The second-order valence-electron chi connectivity index (χ2n) is 6.69. The molecule has 1 aromatic rings. The molecular weight excluding hydrogens is 234 g/mol. The van der Waals surface area contributed by atoms with Crippen LogP contribution in [0.15, 0.2) is 30.3 Å². The molecule has 0 spiro atoms. The monoisotopic (exact) mass is 263 g/mol. The molecule has 0 heterocycles. The van der Waals surface area contributed by atoms with Crippen molar-refractivity contribution in [1.82, 2.24) is 5.32 Å². The van der Waals surface area contributed by atoms with Gasteiger partial charge in [0, 0.05) is 12.6 Å². The minimum Gasteiger partial charge on any atom is -0.393 e. The first-order valence-corrected chi connectivity index (χ1v) is 7.27. The molecule has 3 atom stereocenters. The minimum atomic E-state index is -0.267. The fraction of sp³-hybridized carbons (Fsp3) is 0.647. The number of aliphatic hydroxyl groups excluding tert-OH is 1. The van der Waals surface area contributed by atoms with Gasteiger partial charge < -0.3 is 10.4 Å². The van der Waals surface area contributed by atoms with E-state index in [-0.39, 0.29) is 11.5 Å². The zero-order chi connectivity index (χ0) is 14.5. The zero-order valence-electron chi connectivity index (χ0n) is 13.0. The highest BCUT2D eigenvalue weighted by Gasteiger charge is 2.21. The average molecular weight is 263 g/mol. The first-order chi connectivity index (χ1) is 8.80. The van der Waals surface area contributed by atoms with Crippen molar-refractivity contribution in [2.75, 3.05) is 6.54 Å². The Balaban J connectivity index is 2.66. The highest BCUT2D eigenvalue weighted by atomic mass is 16.3. The van der Waals surface area contributed by atoms with Crippen LogP contribution in [0.1, 0.15) is 52.5 Å². The molecule has 1 rings (SSSR count). The zero-order valence-corrected chi connectivity index (χ0v) is 13.0. The Morgan fingerprint density at radius 1 is 1.11 bits per heavy atom. The third kappa shape index (κ3) is 5.75. The second kappa shape index (κ2) is 7.06. The van der Waals surface area contributed by atoms with Gasteiger partial charge >= 0.3 is 0 Å². The molecule has 0 bridgehead atoms. The van der Waals surface area contributed by atoms with E-state index in [0.717, 1.165) is 13.0 Å². The molecule has 0 aliphatic rings. The molecule has 0 fully saturated rings. The first kappa shape index (κ1) is 16.2. The SMILES string of the molecule is C[C@H](O)C[C@H](CN[C@@H](C)C(C)(C)C)c1ccccc1. The summed E-state index contributed by atoms with van der Waals surface area (Å²) in [6, 6.07) is 10.9. The molecule has 0 unspecified atom stereocenters. The molecule has 2 N–H and O–H groups in total. The van der Waals surface area contributed by atoms with Gasteiger partial charge in [0.1, 0.15) is 0 Å². The molecule has 0 aliphatic carbocycles. The van der Waals surface area contributed by atoms with Crippen molar-refractivity contribution >= 4 is 0 Å². The number of benzene rings is 1. The van der Waals surface area contributed by atoms with E-state index in [1.54, 1.807) is 0 Å². The second-order valence-corrected chi connectivity index (χ2v) is 6.69. The lowest BCUT2D eigenvalue weighted by Crippen LogP contribution is -2.40. The average Bonchev–Trinajstić information content (AvgIpc) is 2.33. The van der Waals surface area contributed by atoms with E-state index in [9.17, 15) is 5.11 Å². The van der Waals surface area contributed by atoms with Crippen molar-refractivity contribution in [3.63, 3.8) is 0 Å². The summed E-state index contributed by atoms with van der Waals surface area (Å²) in [5.41, 5.74) is 1.56. The van der Waals surface area contributed by atoms with Gasteiger partial charge in [-0.25, -0.2) is 0 Å². The van der Waals surface area contributed by atoms with Crippen LogP contribution in [0.3, 0.4) is 0 Å². The van der Waals surface area contributed by atoms with E-state index >= 15 is 0 Å². The van der Waals surface area contributed by atoms with Crippen LogP contribution in [-0.2, 0) is 0 Å². The maximum Gasteiger partial charge on any atom is 0.0518 e. The van der Waals surface area contributed by atoms with Crippen molar-refractivity contribution in [3.8, 4) is 0 Å². The van der Waals surface area contributed by atoms with E-state index in [1.807, 2.05) is 13.0 Å². The van der Waals surface area contributed by atoms with Crippen LogP contribution in [0, 0.1) is 5.41 Å². The summed E-state index contributed by atoms with van der Waals surface area (Å²) in [6.07, 6.45) is 0.533. The van der Waals surface area contributed by atoms with Gasteiger partial charge in [0.25, 0.3) is 0 Å². The Hall–Kier alpha value is -0.860. The summed E-state index contributed by atoms with van der Waals surface area (Å²) < 4.78 is 0. The van der Waals surface area contributed by atoms with Crippen molar-refractivity contribution in [1.29, 1.82) is 0 Å². The van der Waals surface area contributed by atoms with Gasteiger partial charge in [-0.15, -0.1) is 0 Å². The standard InChI is InChI=1S/C17H29NO/c1-13(19)11-16(15-9-7-6-8-10-15)12-18-14(2)17(3,4)5/h6-10,13-14,16,18-19H,11-12H2,1-5H3/t13-,14-,16+/m0/s1. The molecule has 0 aliphatic heterocycles. The summed E-state index contributed by atoms with van der Waals surface area (Å²) in [4.78, 5) is 0. The van der Waals surface area contributed by atoms with Gasteiger partial charge in [-0.1, -0.05) is 51.1 Å².